The van der Waals surface area contributed by atoms with E-state index >= 15 is 0 Å². The second kappa shape index (κ2) is 8.28. The number of piperidine rings is 1. The van der Waals surface area contributed by atoms with E-state index in [1.165, 1.54) is 25.0 Å². The van der Waals surface area contributed by atoms with E-state index in [0.717, 1.165) is 19.3 Å². The number of anilines is 1. The Morgan fingerprint density at radius 2 is 2.17 bits per heavy atom. The first-order valence-electron chi connectivity index (χ1n) is 9.83. The van der Waals surface area contributed by atoms with Gasteiger partial charge in [0.2, 0.25) is 0 Å². The van der Waals surface area contributed by atoms with Crippen molar-refractivity contribution >= 4 is 23.3 Å². The third-order valence-corrected chi connectivity index (χ3v) is 6.08. The van der Waals surface area contributed by atoms with Crippen LogP contribution in [0.5, 0.6) is 0 Å². The number of halogens is 2. The molecule has 1 N–H and O–H groups in total. The lowest BCUT2D eigenvalue weighted by Gasteiger charge is -2.40. The molecule has 1 saturated heterocycles. The van der Waals surface area contributed by atoms with Crippen molar-refractivity contribution in [2.24, 2.45) is 5.92 Å². The van der Waals surface area contributed by atoms with Crippen LogP contribution >= 0.6 is 11.6 Å². The molecule has 156 valence electrons. The summed E-state index contributed by atoms with van der Waals surface area (Å²) in [5, 5.41) is 6.82. The van der Waals surface area contributed by atoms with Crippen molar-refractivity contribution in [2.75, 3.05) is 25.5 Å². The number of carbonyl (C=O) groups is 1. The van der Waals surface area contributed by atoms with Crippen LogP contribution in [0.3, 0.4) is 0 Å². The number of hydrogen-bond donors (Lipinski definition) is 1. The molecule has 7 nitrogen and oxygen atoms in total. The Kier molecular flexibility index (Phi) is 5.74. The highest BCUT2D eigenvalue weighted by molar-refractivity contribution is 6.31. The number of aromatic nitrogens is 2. The third-order valence-electron chi connectivity index (χ3n) is 5.79. The molecule has 9 heteroatoms. The zero-order valence-corrected chi connectivity index (χ0v) is 17.0. The lowest BCUT2D eigenvalue weighted by Crippen LogP contribution is -2.47. The molecule has 2 amide bonds. The minimum atomic E-state index is -0.625. The predicted octanol–water partition coefficient (Wildman–Crippen LogP) is 4.37. The number of nitrogens with one attached hydrogen (secondary N) is 1. The third kappa shape index (κ3) is 4.38. The molecule has 0 unspecified atom stereocenters. The molecule has 1 saturated carbocycles. The van der Waals surface area contributed by atoms with E-state index in [1.54, 1.807) is 18.1 Å². The maximum Gasteiger partial charge on any atom is 0.321 e. The van der Waals surface area contributed by atoms with Crippen molar-refractivity contribution in [3.8, 4) is 0 Å². The SMILES string of the molecule is COCc1nc(C2(CC3CC3)CCN(C(=O)Nc3cccc(Cl)c3F)CC2)no1. The molecule has 1 aliphatic heterocycles. The molecule has 0 bridgehead atoms. The lowest BCUT2D eigenvalue weighted by atomic mass is 9.73. The highest BCUT2D eigenvalue weighted by Crippen LogP contribution is 2.46. The lowest BCUT2D eigenvalue weighted by molar-refractivity contribution is 0.148. The molecular weight excluding hydrogens is 399 g/mol. The fourth-order valence-electron chi connectivity index (χ4n) is 3.98. The van der Waals surface area contributed by atoms with E-state index in [2.05, 4.69) is 15.5 Å². The Balaban J connectivity index is 1.44. The van der Waals surface area contributed by atoms with Crippen LogP contribution in [0.25, 0.3) is 0 Å². The minimum absolute atomic E-state index is 0.0196. The molecule has 0 spiro atoms. The van der Waals surface area contributed by atoms with E-state index in [4.69, 9.17) is 20.9 Å². The van der Waals surface area contributed by atoms with Crippen molar-refractivity contribution in [1.82, 2.24) is 15.0 Å². The Morgan fingerprint density at radius 3 is 2.86 bits per heavy atom. The highest BCUT2D eigenvalue weighted by Gasteiger charge is 2.44. The number of ether oxygens (including phenoxy) is 1. The summed E-state index contributed by atoms with van der Waals surface area (Å²) in [5.74, 6) is 1.23. The van der Waals surface area contributed by atoms with Crippen molar-refractivity contribution in [2.45, 2.75) is 44.1 Å². The van der Waals surface area contributed by atoms with E-state index < -0.39 is 5.82 Å². The van der Waals surface area contributed by atoms with Gasteiger partial charge in [0.05, 0.1) is 10.7 Å². The van der Waals surface area contributed by atoms with Crippen molar-refractivity contribution in [3.05, 3.63) is 40.8 Å². The van der Waals surface area contributed by atoms with Gasteiger partial charge in [0, 0.05) is 25.6 Å². The van der Waals surface area contributed by atoms with Gasteiger partial charge in [-0.2, -0.15) is 4.98 Å². The van der Waals surface area contributed by atoms with Gasteiger partial charge in [-0.15, -0.1) is 0 Å². The van der Waals surface area contributed by atoms with Gasteiger partial charge in [-0.1, -0.05) is 35.7 Å². The first-order chi connectivity index (χ1) is 14.0. The van der Waals surface area contributed by atoms with E-state index in [9.17, 15) is 9.18 Å². The summed E-state index contributed by atoms with van der Waals surface area (Å²) in [7, 11) is 1.59. The van der Waals surface area contributed by atoms with E-state index in [-0.39, 0.29) is 28.8 Å². The van der Waals surface area contributed by atoms with Crippen LogP contribution in [0.15, 0.2) is 22.7 Å². The van der Waals surface area contributed by atoms with Gasteiger partial charge in [0.15, 0.2) is 11.6 Å². The summed E-state index contributed by atoms with van der Waals surface area (Å²) >= 11 is 5.80. The summed E-state index contributed by atoms with van der Waals surface area (Å²) in [6.45, 7) is 1.36. The second-order valence-electron chi connectivity index (χ2n) is 7.89. The summed E-state index contributed by atoms with van der Waals surface area (Å²) in [6.07, 6.45) is 4.92. The van der Waals surface area contributed by atoms with Crippen LogP contribution in [0.1, 0.15) is 43.8 Å². The number of rotatable bonds is 6. The number of methoxy groups -OCH3 is 1. The zero-order valence-electron chi connectivity index (χ0n) is 16.3. The van der Waals surface area contributed by atoms with Gasteiger partial charge < -0.3 is 19.5 Å². The van der Waals surface area contributed by atoms with Gasteiger partial charge in [-0.3, -0.25) is 0 Å². The Bertz CT molecular complexity index is 878. The molecule has 2 fully saturated rings. The molecule has 0 atom stereocenters. The number of urea groups is 1. The van der Waals surface area contributed by atoms with Crippen LogP contribution in [-0.4, -0.2) is 41.3 Å². The fraction of sp³-hybridized carbons (Fsp3) is 0.550. The fourth-order valence-corrected chi connectivity index (χ4v) is 4.15. The van der Waals surface area contributed by atoms with Crippen LogP contribution < -0.4 is 5.32 Å². The normalized spacial score (nSPS) is 18.7. The first kappa shape index (κ1) is 20.1. The largest absolute Gasteiger partial charge is 0.375 e. The number of nitrogens with zero attached hydrogens (tertiary/aromatic N) is 3. The summed E-state index contributed by atoms with van der Waals surface area (Å²) in [5.41, 5.74) is -0.117. The molecule has 0 radical (unpaired) electrons. The predicted molar refractivity (Wildman–Crippen MR) is 105 cm³/mol. The number of likely N-dealkylation sites (tertiary alicyclic amines) is 1. The molecule has 1 aromatic carbocycles. The summed E-state index contributed by atoms with van der Waals surface area (Å²) < 4.78 is 24.5. The van der Waals surface area contributed by atoms with E-state index in [1.807, 2.05) is 0 Å². The maximum atomic E-state index is 14.1. The number of hydrogen-bond acceptors (Lipinski definition) is 5. The summed E-state index contributed by atoms with van der Waals surface area (Å²) in [6, 6.07) is 4.21. The minimum Gasteiger partial charge on any atom is -0.375 e. The van der Waals surface area contributed by atoms with Gasteiger partial charge in [0.1, 0.15) is 6.61 Å². The van der Waals surface area contributed by atoms with Crippen molar-refractivity contribution < 1.29 is 18.4 Å². The molecule has 29 heavy (non-hydrogen) atoms. The first-order valence-corrected chi connectivity index (χ1v) is 10.2. The van der Waals surface area contributed by atoms with E-state index in [0.29, 0.717) is 30.7 Å². The summed E-state index contributed by atoms with van der Waals surface area (Å²) in [4.78, 5) is 18.9. The molecule has 2 aromatic rings. The molecule has 2 aliphatic rings. The molecular formula is C20H24ClFN4O3. The molecule has 1 aliphatic carbocycles. The monoisotopic (exact) mass is 422 g/mol. The number of benzene rings is 1. The number of amides is 2. The van der Waals surface area contributed by atoms with Crippen LogP contribution in [0.2, 0.25) is 5.02 Å². The van der Waals surface area contributed by atoms with Gasteiger partial charge in [0.25, 0.3) is 5.89 Å². The Labute approximate surface area is 173 Å². The second-order valence-corrected chi connectivity index (χ2v) is 8.30. The number of carbonyl (C=O) groups excluding carboxylic acids is 1. The van der Waals surface area contributed by atoms with Gasteiger partial charge in [-0.25, -0.2) is 9.18 Å². The van der Waals surface area contributed by atoms with Crippen LogP contribution in [0, 0.1) is 11.7 Å². The molecule has 2 heterocycles. The Hall–Kier alpha value is -2.19. The van der Waals surface area contributed by atoms with Crippen molar-refractivity contribution in [3.63, 3.8) is 0 Å². The average molecular weight is 423 g/mol. The zero-order chi connectivity index (χ0) is 20.4. The average Bonchev–Trinajstić information content (AvgIpc) is 3.39. The van der Waals surface area contributed by atoms with Crippen LogP contribution in [-0.2, 0) is 16.8 Å². The highest BCUT2D eigenvalue weighted by atomic mass is 35.5. The smallest absolute Gasteiger partial charge is 0.321 e. The Morgan fingerprint density at radius 1 is 1.41 bits per heavy atom. The maximum absolute atomic E-state index is 14.1. The van der Waals surface area contributed by atoms with Gasteiger partial charge in [-0.05, 0) is 37.3 Å². The molecule has 4 rings (SSSR count). The topological polar surface area (TPSA) is 80.5 Å². The van der Waals surface area contributed by atoms with Crippen molar-refractivity contribution in [1.29, 1.82) is 0 Å². The molecule has 1 aromatic heterocycles. The standard InChI is InChI=1S/C20H24ClFN4O3/c1-28-12-16-24-18(25-29-16)20(11-13-5-6-13)7-9-26(10-8-20)19(27)23-15-4-2-3-14(21)17(15)22/h2-4,13H,5-12H2,1H3,(H,23,27). The quantitative estimate of drug-likeness (QED) is 0.747. The van der Waals surface area contributed by atoms with Crippen LogP contribution in [0.4, 0.5) is 14.9 Å². The van der Waals surface area contributed by atoms with Gasteiger partial charge >= 0.3 is 6.03 Å².